The number of aryl methyl sites for hydroxylation is 1. The summed E-state index contributed by atoms with van der Waals surface area (Å²) in [5.41, 5.74) is 7.18. The summed E-state index contributed by atoms with van der Waals surface area (Å²) in [5.74, 6) is 0. The van der Waals surface area contributed by atoms with Crippen molar-refractivity contribution in [2.45, 2.75) is 32.7 Å². The quantitative estimate of drug-likeness (QED) is 0.893. The lowest BCUT2D eigenvalue weighted by Crippen LogP contribution is -2.54. The molecule has 3 nitrogen and oxygen atoms in total. The van der Waals surface area contributed by atoms with Gasteiger partial charge < -0.3 is 4.90 Å². The van der Waals surface area contributed by atoms with Gasteiger partial charge in [0.2, 0.25) is 0 Å². The SMILES string of the molecule is CN1CCN(NC2c3ccccc3CCC2(C)C)CC1. The number of nitrogens with one attached hydrogen (secondary N) is 1. The van der Waals surface area contributed by atoms with Gasteiger partial charge in [-0.05, 0) is 36.4 Å². The third-order valence-corrected chi connectivity index (χ3v) is 5.00. The van der Waals surface area contributed by atoms with E-state index in [0.717, 1.165) is 26.2 Å². The van der Waals surface area contributed by atoms with E-state index >= 15 is 0 Å². The van der Waals surface area contributed by atoms with Crippen LogP contribution in [0, 0.1) is 5.41 Å². The average molecular weight is 273 g/mol. The predicted molar refractivity (Wildman–Crippen MR) is 83.5 cm³/mol. The Bertz CT molecular complexity index is 461. The predicted octanol–water partition coefficient (Wildman–Crippen LogP) is 2.45. The van der Waals surface area contributed by atoms with Crippen molar-refractivity contribution in [3.8, 4) is 0 Å². The summed E-state index contributed by atoms with van der Waals surface area (Å²) in [6.07, 6.45) is 2.47. The summed E-state index contributed by atoms with van der Waals surface area (Å²) < 4.78 is 0. The van der Waals surface area contributed by atoms with Crippen molar-refractivity contribution >= 4 is 0 Å². The zero-order valence-electron chi connectivity index (χ0n) is 13.0. The fourth-order valence-corrected chi connectivity index (χ4v) is 3.43. The van der Waals surface area contributed by atoms with Crippen molar-refractivity contribution < 1.29 is 0 Å². The van der Waals surface area contributed by atoms with Crippen molar-refractivity contribution in [2.24, 2.45) is 5.41 Å². The molecule has 3 heteroatoms. The second-order valence-electron chi connectivity index (χ2n) is 7.04. The van der Waals surface area contributed by atoms with Crippen molar-refractivity contribution in [3.05, 3.63) is 35.4 Å². The molecule has 1 fully saturated rings. The highest BCUT2D eigenvalue weighted by Crippen LogP contribution is 2.43. The van der Waals surface area contributed by atoms with Crippen LogP contribution < -0.4 is 5.43 Å². The van der Waals surface area contributed by atoms with E-state index in [1.807, 2.05) is 0 Å². The standard InChI is InChI=1S/C17H27N3/c1-17(2)9-8-14-6-4-5-7-15(14)16(17)18-20-12-10-19(3)11-13-20/h4-7,16,18H,8-13H2,1-3H3. The van der Waals surface area contributed by atoms with Crippen LogP contribution in [-0.2, 0) is 6.42 Å². The molecule has 1 saturated heterocycles. The number of hydrogen-bond donors (Lipinski definition) is 1. The largest absolute Gasteiger partial charge is 0.304 e. The molecule has 20 heavy (non-hydrogen) atoms. The maximum absolute atomic E-state index is 3.83. The lowest BCUT2D eigenvalue weighted by molar-refractivity contribution is 0.0474. The fraction of sp³-hybridized carbons (Fsp3) is 0.647. The first-order valence-corrected chi connectivity index (χ1v) is 7.84. The van der Waals surface area contributed by atoms with Gasteiger partial charge >= 0.3 is 0 Å². The van der Waals surface area contributed by atoms with Crippen LogP contribution in [0.3, 0.4) is 0 Å². The van der Waals surface area contributed by atoms with E-state index < -0.39 is 0 Å². The lowest BCUT2D eigenvalue weighted by atomic mass is 9.70. The van der Waals surface area contributed by atoms with Crippen LogP contribution in [-0.4, -0.2) is 43.1 Å². The Morgan fingerprint density at radius 2 is 1.80 bits per heavy atom. The molecule has 0 aromatic heterocycles. The minimum Gasteiger partial charge on any atom is -0.304 e. The van der Waals surface area contributed by atoms with Gasteiger partial charge in [0.1, 0.15) is 0 Å². The lowest BCUT2D eigenvalue weighted by Gasteiger charge is -2.44. The monoisotopic (exact) mass is 273 g/mol. The molecule has 3 rings (SSSR count). The number of hydrazine groups is 1. The summed E-state index contributed by atoms with van der Waals surface area (Å²) in [7, 11) is 2.21. The summed E-state index contributed by atoms with van der Waals surface area (Å²) in [6.45, 7) is 9.34. The van der Waals surface area contributed by atoms with Crippen LogP contribution >= 0.6 is 0 Å². The highest BCUT2D eigenvalue weighted by atomic mass is 15.5. The van der Waals surface area contributed by atoms with Gasteiger partial charge in [-0.15, -0.1) is 0 Å². The number of nitrogens with zero attached hydrogens (tertiary/aromatic N) is 2. The highest BCUT2D eigenvalue weighted by molar-refractivity contribution is 5.34. The molecule has 1 aromatic carbocycles. The molecule has 0 spiro atoms. The molecule has 0 radical (unpaired) electrons. The topological polar surface area (TPSA) is 18.5 Å². The minimum absolute atomic E-state index is 0.317. The number of piperazine rings is 1. The Labute approximate surface area is 122 Å². The maximum atomic E-state index is 3.83. The molecule has 1 unspecified atom stereocenters. The fourth-order valence-electron chi connectivity index (χ4n) is 3.43. The van der Waals surface area contributed by atoms with Crippen molar-refractivity contribution in [2.75, 3.05) is 33.2 Å². The Morgan fingerprint density at radius 1 is 1.10 bits per heavy atom. The summed E-state index contributed by atoms with van der Waals surface area (Å²) in [4.78, 5) is 2.40. The Balaban J connectivity index is 1.79. The number of rotatable bonds is 2. The molecule has 1 aromatic rings. The molecule has 1 heterocycles. The van der Waals surface area contributed by atoms with E-state index in [-0.39, 0.29) is 0 Å². The first-order valence-electron chi connectivity index (χ1n) is 7.84. The molecule has 1 aliphatic carbocycles. The minimum atomic E-state index is 0.317. The van der Waals surface area contributed by atoms with Gasteiger partial charge in [-0.25, -0.2) is 10.4 Å². The number of likely N-dealkylation sites (N-methyl/N-ethyl adjacent to an activating group) is 1. The van der Waals surface area contributed by atoms with Crippen molar-refractivity contribution in [3.63, 3.8) is 0 Å². The molecule has 110 valence electrons. The maximum Gasteiger partial charge on any atom is 0.0518 e. The summed E-state index contributed by atoms with van der Waals surface area (Å²) >= 11 is 0. The van der Waals surface area contributed by atoms with Crippen LogP contribution in [0.25, 0.3) is 0 Å². The molecule has 0 amide bonds. The van der Waals surface area contributed by atoms with Crippen molar-refractivity contribution in [1.29, 1.82) is 0 Å². The molecule has 2 aliphatic rings. The molecule has 1 N–H and O–H groups in total. The van der Waals surface area contributed by atoms with E-state index in [9.17, 15) is 0 Å². The first kappa shape index (κ1) is 14.1. The molecular weight excluding hydrogens is 246 g/mol. The van der Waals surface area contributed by atoms with Crippen molar-refractivity contribution in [1.82, 2.24) is 15.3 Å². The van der Waals surface area contributed by atoms with Gasteiger partial charge in [0, 0.05) is 26.2 Å². The van der Waals surface area contributed by atoms with Gasteiger partial charge in [0.25, 0.3) is 0 Å². The second-order valence-corrected chi connectivity index (χ2v) is 7.04. The van der Waals surface area contributed by atoms with Gasteiger partial charge in [0.15, 0.2) is 0 Å². The van der Waals surface area contributed by atoms with E-state index in [4.69, 9.17) is 0 Å². The normalized spacial score (nSPS) is 27.2. The van der Waals surface area contributed by atoms with Gasteiger partial charge in [-0.3, -0.25) is 0 Å². The average Bonchev–Trinajstić information content (AvgIpc) is 2.44. The summed E-state index contributed by atoms with van der Waals surface area (Å²) in [5, 5.41) is 2.43. The first-order chi connectivity index (χ1) is 9.56. The van der Waals surface area contributed by atoms with E-state index in [2.05, 4.69) is 60.5 Å². The molecule has 0 bridgehead atoms. The second kappa shape index (κ2) is 5.47. The number of hydrogen-bond acceptors (Lipinski definition) is 3. The van der Waals surface area contributed by atoms with Crippen LogP contribution in [0.4, 0.5) is 0 Å². The zero-order chi connectivity index (χ0) is 14.2. The Morgan fingerprint density at radius 3 is 2.55 bits per heavy atom. The van der Waals surface area contributed by atoms with Crippen LogP contribution in [0.1, 0.15) is 37.4 Å². The summed E-state index contributed by atoms with van der Waals surface area (Å²) in [6, 6.07) is 9.40. The molecule has 1 atom stereocenters. The van der Waals surface area contributed by atoms with E-state index in [1.165, 1.54) is 24.0 Å². The Hall–Kier alpha value is -0.900. The van der Waals surface area contributed by atoms with Gasteiger partial charge in [0.05, 0.1) is 6.04 Å². The van der Waals surface area contributed by atoms with E-state index in [0.29, 0.717) is 11.5 Å². The Kier molecular flexibility index (Phi) is 3.85. The van der Waals surface area contributed by atoms with Crippen LogP contribution in [0.5, 0.6) is 0 Å². The zero-order valence-corrected chi connectivity index (χ0v) is 13.0. The third kappa shape index (κ3) is 2.76. The van der Waals surface area contributed by atoms with Crippen LogP contribution in [0.15, 0.2) is 24.3 Å². The van der Waals surface area contributed by atoms with Gasteiger partial charge in [-0.1, -0.05) is 38.1 Å². The highest BCUT2D eigenvalue weighted by Gasteiger charge is 2.36. The smallest absolute Gasteiger partial charge is 0.0518 e. The third-order valence-electron chi connectivity index (χ3n) is 5.00. The van der Waals surface area contributed by atoms with Crippen LogP contribution in [0.2, 0.25) is 0 Å². The number of benzene rings is 1. The van der Waals surface area contributed by atoms with E-state index in [1.54, 1.807) is 0 Å². The molecule has 0 saturated carbocycles. The molecular formula is C17H27N3. The van der Waals surface area contributed by atoms with Gasteiger partial charge in [-0.2, -0.15) is 0 Å². The number of fused-ring (bicyclic) bond motifs is 1. The molecule has 1 aliphatic heterocycles.